The van der Waals surface area contributed by atoms with Gasteiger partial charge < -0.3 is 10.1 Å². The molecule has 1 amide bonds. The van der Waals surface area contributed by atoms with Crippen LogP contribution in [0.2, 0.25) is 0 Å². The number of halogens is 1. The van der Waals surface area contributed by atoms with Crippen molar-refractivity contribution < 1.29 is 19.1 Å². The quantitative estimate of drug-likeness (QED) is 0.481. The largest absolute Gasteiger partial charge is 0.456 e. The molecule has 6 heteroatoms. The number of ether oxygens (including phenoxy) is 1. The van der Waals surface area contributed by atoms with Crippen molar-refractivity contribution in [3.05, 3.63) is 82.3 Å². The van der Waals surface area contributed by atoms with Gasteiger partial charge in [-0.25, -0.2) is 0 Å². The summed E-state index contributed by atoms with van der Waals surface area (Å²) in [5.74, 6) is -1.37. The molecule has 0 aliphatic rings. The SMILES string of the molecule is O=C(CNC(=O)c1cccc(Br)c1)OCC(=O)c1ccc2ccccc2c1. The third-order valence-corrected chi connectivity index (χ3v) is 4.41. The number of rotatable bonds is 6. The predicted octanol–water partition coefficient (Wildman–Crippen LogP) is 3.76. The summed E-state index contributed by atoms with van der Waals surface area (Å²) in [5.41, 5.74) is 0.893. The molecule has 0 spiro atoms. The van der Waals surface area contributed by atoms with Crippen LogP contribution >= 0.6 is 15.9 Å². The summed E-state index contributed by atoms with van der Waals surface area (Å²) in [4.78, 5) is 36.0. The first-order valence-corrected chi connectivity index (χ1v) is 9.03. The monoisotopic (exact) mass is 425 g/mol. The maximum atomic E-state index is 12.2. The minimum absolute atomic E-state index is 0.299. The summed E-state index contributed by atoms with van der Waals surface area (Å²) < 4.78 is 5.73. The van der Waals surface area contributed by atoms with Crippen molar-refractivity contribution in [1.29, 1.82) is 0 Å². The van der Waals surface area contributed by atoms with Crippen LogP contribution in [0.4, 0.5) is 0 Å². The fourth-order valence-electron chi connectivity index (χ4n) is 2.53. The van der Waals surface area contributed by atoms with Gasteiger partial charge in [0.25, 0.3) is 5.91 Å². The number of Topliss-reactive ketones (excluding diaryl/α,β-unsaturated/α-hetero) is 1. The summed E-state index contributed by atoms with van der Waals surface area (Å²) in [5, 5.41) is 4.44. The number of hydrogen-bond donors (Lipinski definition) is 1. The Morgan fingerprint density at radius 1 is 0.852 bits per heavy atom. The third kappa shape index (κ3) is 5.01. The summed E-state index contributed by atoms with van der Waals surface area (Å²) in [6.45, 7) is -0.680. The van der Waals surface area contributed by atoms with E-state index in [2.05, 4.69) is 21.2 Å². The summed E-state index contributed by atoms with van der Waals surface area (Å²) in [7, 11) is 0. The Labute approximate surface area is 164 Å². The van der Waals surface area contributed by atoms with Crippen molar-refractivity contribution >= 4 is 44.4 Å². The molecule has 0 fully saturated rings. The summed E-state index contributed by atoms with van der Waals surface area (Å²) in [6.07, 6.45) is 0. The van der Waals surface area contributed by atoms with Crippen molar-refractivity contribution in [3.8, 4) is 0 Å². The number of amides is 1. The molecule has 0 heterocycles. The van der Waals surface area contributed by atoms with Crippen LogP contribution in [0, 0.1) is 0 Å². The van der Waals surface area contributed by atoms with Gasteiger partial charge in [0.1, 0.15) is 6.54 Å². The topological polar surface area (TPSA) is 72.5 Å². The van der Waals surface area contributed by atoms with Crippen LogP contribution < -0.4 is 5.32 Å². The van der Waals surface area contributed by atoms with E-state index in [0.717, 1.165) is 15.2 Å². The molecule has 136 valence electrons. The molecule has 5 nitrogen and oxygen atoms in total. The zero-order valence-corrected chi connectivity index (χ0v) is 15.9. The standard InChI is InChI=1S/C21H16BrNO4/c22-18-7-3-6-17(11-18)21(26)23-12-20(25)27-13-19(24)16-9-8-14-4-1-2-5-15(14)10-16/h1-11H,12-13H2,(H,23,26). The zero-order chi connectivity index (χ0) is 19.2. The van der Waals surface area contributed by atoms with Crippen molar-refractivity contribution in [2.24, 2.45) is 0 Å². The van der Waals surface area contributed by atoms with Crippen molar-refractivity contribution in [2.45, 2.75) is 0 Å². The van der Waals surface area contributed by atoms with Gasteiger partial charge in [-0.05, 0) is 35.0 Å². The minimum Gasteiger partial charge on any atom is -0.456 e. The Morgan fingerprint density at radius 3 is 2.41 bits per heavy atom. The molecule has 1 N–H and O–H groups in total. The minimum atomic E-state index is -0.674. The molecule has 3 aromatic carbocycles. The average molecular weight is 426 g/mol. The van der Waals surface area contributed by atoms with E-state index >= 15 is 0 Å². The van der Waals surface area contributed by atoms with Gasteiger partial charge in [0.05, 0.1) is 0 Å². The highest BCUT2D eigenvalue weighted by molar-refractivity contribution is 9.10. The van der Waals surface area contributed by atoms with E-state index in [-0.39, 0.29) is 18.9 Å². The van der Waals surface area contributed by atoms with Gasteiger partial charge in [0.2, 0.25) is 0 Å². The Morgan fingerprint density at radius 2 is 1.63 bits per heavy atom. The van der Waals surface area contributed by atoms with E-state index in [9.17, 15) is 14.4 Å². The smallest absolute Gasteiger partial charge is 0.325 e. The molecule has 0 saturated carbocycles. The van der Waals surface area contributed by atoms with Gasteiger partial charge in [-0.3, -0.25) is 14.4 Å². The van der Waals surface area contributed by atoms with Gasteiger partial charge in [-0.2, -0.15) is 0 Å². The molecule has 0 aromatic heterocycles. The number of carbonyl (C=O) groups excluding carboxylic acids is 3. The van der Waals surface area contributed by atoms with Gasteiger partial charge in [-0.1, -0.05) is 58.4 Å². The maximum absolute atomic E-state index is 12.2. The third-order valence-electron chi connectivity index (χ3n) is 3.92. The first-order valence-electron chi connectivity index (χ1n) is 8.24. The number of esters is 1. The molecule has 0 atom stereocenters. The molecule has 0 unspecified atom stereocenters. The van der Waals surface area contributed by atoms with Crippen LogP contribution in [0.15, 0.2) is 71.2 Å². The molecule has 3 rings (SSSR count). The van der Waals surface area contributed by atoms with Crippen LogP contribution in [0.3, 0.4) is 0 Å². The van der Waals surface area contributed by atoms with Gasteiger partial charge in [0, 0.05) is 15.6 Å². The number of benzene rings is 3. The second-order valence-corrected chi connectivity index (χ2v) is 6.75. The Balaban J connectivity index is 1.50. The first-order chi connectivity index (χ1) is 13.0. The number of nitrogens with one attached hydrogen (secondary N) is 1. The van der Waals surface area contributed by atoms with Gasteiger partial charge in [-0.15, -0.1) is 0 Å². The van der Waals surface area contributed by atoms with Crippen LogP contribution in [-0.2, 0) is 9.53 Å². The van der Waals surface area contributed by atoms with Crippen LogP contribution in [-0.4, -0.2) is 30.8 Å². The number of carbonyl (C=O) groups is 3. The molecule has 0 saturated heterocycles. The lowest BCUT2D eigenvalue weighted by Crippen LogP contribution is -2.31. The fraction of sp³-hybridized carbons (Fsp3) is 0.0952. The van der Waals surface area contributed by atoms with E-state index in [1.807, 2.05) is 30.3 Å². The highest BCUT2D eigenvalue weighted by atomic mass is 79.9. The average Bonchev–Trinajstić information content (AvgIpc) is 2.69. The molecule has 3 aromatic rings. The van der Waals surface area contributed by atoms with E-state index in [1.165, 1.54) is 0 Å². The lowest BCUT2D eigenvalue weighted by molar-refractivity contribution is -0.141. The normalized spacial score (nSPS) is 10.4. The maximum Gasteiger partial charge on any atom is 0.325 e. The Kier molecular flexibility index (Phi) is 5.98. The predicted molar refractivity (Wildman–Crippen MR) is 106 cm³/mol. The summed E-state index contributed by atoms with van der Waals surface area (Å²) in [6, 6.07) is 19.8. The molecule has 27 heavy (non-hydrogen) atoms. The highest BCUT2D eigenvalue weighted by Crippen LogP contribution is 2.16. The molecule has 0 radical (unpaired) electrons. The molecular formula is C21H16BrNO4. The lowest BCUT2D eigenvalue weighted by Gasteiger charge is -2.07. The molecular weight excluding hydrogens is 410 g/mol. The molecule has 0 bridgehead atoms. The highest BCUT2D eigenvalue weighted by Gasteiger charge is 2.12. The van der Waals surface area contributed by atoms with E-state index < -0.39 is 11.9 Å². The second kappa shape index (κ2) is 8.60. The molecule has 0 aliphatic heterocycles. The molecule has 0 aliphatic carbocycles. The van der Waals surface area contributed by atoms with Crippen LogP contribution in [0.5, 0.6) is 0 Å². The van der Waals surface area contributed by atoms with Crippen molar-refractivity contribution in [1.82, 2.24) is 5.32 Å². The number of fused-ring (bicyclic) bond motifs is 1. The van der Waals surface area contributed by atoms with Crippen LogP contribution in [0.25, 0.3) is 10.8 Å². The second-order valence-electron chi connectivity index (χ2n) is 5.84. The van der Waals surface area contributed by atoms with Gasteiger partial charge >= 0.3 is 5.97 Å². The summed E-state index contributed by atoms with van der Waals surface area (Å²) >= 11 is 3.28. The van der Waals surface area contributed by atoms with Crippen molar-refractivity contribution in [3.63, 3.8) is 0 Å². The number of ketones is 1. The Bertz CT molecular complexity index is 1020. The lowest BCUT2D eigenvalue weighted by atomic mass is 10.0. The first kappa shape index (κ1) is 18.8. The van der Waals surface area contributed by atoms with Gasteiger partial charge in [0.15, 0.2) is 12.4 Å². The zero-order valence-electron chi connectivity index (χ0n) is 14.3. The fourth-order valence-corrected chi connectivity index (χ4v) is 2.93. The van der Waals surface area contributed by atoms with Crippen LogP contribution in [0.1, 0.15) is 20.7 Å². The van der Waals surface area contributed by atoms with E-state index in [1.54, 1.807) is 36.4 Å². The van der Waals surface area contributed by atoms with Crippen molar-refractivity contribution in [2.75, 3.05) is 13.2 Å². The van der Waals surface area contributed by atoms with E-state index in [4.69, 9.17) is 4.74 Å². The number of hydrogen-bond acceptors (Lipinski definition) is 4. The van der Waals surface area contributed by atoms with E-state index in [0.29, 0.717) is 11.1 Å². The Hall–Kier alpha value is -2.99.